The SMILES string of the molecule is CCC[CH2][Sn]([CH2]CCC)([CH2]CCC)[CH](/C=C/CCCO)CC. The van der Waals surface area contributed by atoms with E-state index in [1.165, 1.54) is 44.9 Å². The zero-order valence-corrected chi connectivity index (χ0v) is 18.7. The molecule has 0 saturated carbocycles. The zero-order valence-electron chi connectivity index (χ0n) is 15.9. The zero-order chi connectivity index (χ0) is 16.7. The third kappa shape index (κ3) is 8.96. The monoisotopic (exact) mass is 418 g/mol. The van der Waals surface area contributed by atoms with Crippen LogP contribution in [0.15, 0.2) is 12.2 Å². The summed E-state index contributed by atoms with van der Waals surface area (Å²) >= 11 is -2.08. The second-order valence-electron chi connectivity index (χ2n) is 6.98. The normalized spacial score (nSPS) is 13.9. The molecule has 0 aliphatic carbocycles. The van der Waals surface area contributed by atoms with Gasteiger partial charge in [-0.15, -0.1) is 0 Å². The molecule has 0 spiro atoms. The topological polar surface area (TPSA) is 20.2 Å². The standard InChI is InChI=1S/C8H15O.3C4H9.Sn/c1-2-3-4-5-6-7-8-9;3*1-3-4-2;/h3-5,9H,2,6-8H2,1H3;3*1,3-4H2,2H3;/b5-4+;;;;. The van der Waals surface area contributed by atoms with E-state index in [2.05, 4.69) is 39.8 Å². The third-order valence-electron chi connectivity index (χ3n) is 5.21. The van der Waals surface area contributed by atoms with Crippen molar-refractivity contribution in [2.45, 2.75) is 103 Å². The van der Waals surface area contributed by atoms with Gasteiger partial charge < -0.3 is 0 Å². The molecular weight excluding hydrogens is 375 g/mol. The maximum atomic E-state index is 8.98. The molecule has 1 unspecified atom stereocenters. The van der Waals surface area contributed by atoms with Crippen LogP contribution in [0.4, 0.5) is 0 Å². The molecule has 0 heterocycles. The predicted molar refractivity (Wildman–Crippen MR) is 104 cm³/mol. The van der Waals surface area contributed by atoms with Gasteiger partial charge in [-0.1, -0.05) is 0 Å². The summed E-state index contributed by atoms with van der Waals surface area (Å²) in [6.07, 6.45) is 16.8. The summed E-state index contributed by atoms with van der Waals surface area (Å²) in [7, 11) is 0. The second-order valence-corrected chi connectivity index (χ2v) is 21.2. The molecule has 0 radical (unpaired) electrons. The van der Waals surface area contributed by atoms with Crippen molar-refractivity contribution in [1.29, 1.82) is 0 Å². The molecule has 1 nitrogen and oxygen atoms in total. The fourth-order valence-corrected chi connectivity index (χ4v) is 22.2. The maximum absolute atomic E-state index is 8.98. The van der Waals surface area contributed by atoms with Crippen LogP contribution < -0.4 is 0 Å². The molecule has 0 bridgehead atoms. The van der Waals surface area contributed by atoms with E-state index in [1.54, 1.807) is 13.3 Å². The van der Waals surface area contributed by atoms with E-state index < -0.39 is 18.4 Å². The van der Waals surface area contributed by atoms with Gasteiger partial charge in [0.1, 0.15) is 0 Å². The Labute approximate surface area is 144 Å². The van der Waals surface area contributed by atoms with Gasteiger partial charge in [0.15, 0.2) is 0 Å². The van der Waals surface area contributed by atoms with Crippen LogP contribution in [-0.4, -0.2) is 30.1 Å². The summed E-state index contributed by atoms with van der Waals surface area (Å²) in [5.74, 6) is 0. The first-order valence-electron chi connectivity index (χ1n) is 9.98. The molecule has 1 N–H and O–H groups in total. The van der Waals surface area contributed by atoms with Crippen LogP contribution in [0, 0.1) is 0 Å². The van der Waals surface area contributed by atoms with E-state index in [1.807, 2.05) is 0 Å². The number of hydrogen-bond acceptors (Lipinski definition) is 1. The number of aliphatic hydroxyl groups excluding tert-OH is 1. The Kier molecular flexibility index (Phi) is 15.4. The van der Waals surface area contributed by atoms with Crippen LogP contribution in [0.5, 0.6) is 0 Å². The molecule has 0 aromatic heterocycles. The molecule has 0 aromatic carbocycles. The fourth-order valence-electron chi connectivity index (χ4n) is 3.76. The van der Waals surface area contributed by atoms with Crippen molar-refractivity contribution in [3.05, 3.63) is 12.2 Å². The van der Waals surface area contributed by atoms with Crippen molar-refractivity contribution in [3.8, 4) is 0 Å². The number of hydrogen-bond donors (Lipinski definition) is 1. The Morgan fingerprint density at radius 2 is 1.32 bits per heavy atom. The van der Waals surface area contributed by atoms with Crippen molar-refractivity contribution in [3.63, 3.8) is 0 Å². The Morgan fingerprint density at radius 1 is 0.818 bits per heavy atom. The van der Waals surface area contributed by atoms with Gasteiger partial charge in [0, 0.05) is 0 Å². The summed E-state index contributed by atoms with van der Waals surface area (Å²) in [6.45, 7) is 9.81. The first kappa shape index (κ1) is 22.5. The van der Waals surface area contributed by atoms with Gasteiger partial charge in [-0.05, 0) is 0 Å². The second kappa shape index (κ2) is 15.1. The molecule has 0 aromatic rings. The van der Waals surface area contributed by atoms with Gasteiger partial charge >= 0.3 is 145 Å². The minimum absolute atomic E-state index is 0.330. The molecule has 132 valence electrons. The molecule has 0 aliphatic rings. The van der Waals surface area contributed by atoms with Gasteiger partial charge in [0.2, 0.25) is 0 Å². The first-order valence-corrected chi connectivity index (χ1v) is 17.7. The van der Waals surface area contributed by atoms with E-state index in [0.717, 1.165) is 16.8 Å². The van der Waals surface area contributed by atoms with Crippen LogP contribution in [-0.2, 0) is 0 Å². The summed E-state index contributed by atoms with van der Waals surface area (Å²) in [5.41, 5.74) is 0. The van der Waals surface area contributed by atoms with Crippen LogP contribution in [0.3, 0.4) is 0 Å². The van der Waals surface area contributed by atoms with Crippen LogP contribution >= 0.6 is 0 Å². The van der Waals surface area contributed by atoms with Crippen molar-refractivity contribution >= 4 is 18.4 Å². The van der Waals surface area contributed by atoms with E-state index >= 15 is 0 Å². The average Bonchev–Trinajstić information content (AvgIpc) is 2.55. The van der Waals surface area contributed by atoms with Gasteiger partial charge in [-0.25, -0.2) is 0 Å². The summed E-state index contributed by atoms with van der Waals surface area (Å²) < 4.78 is 5.74. The van der Waals surface area contributed by atoms with Crippen LogP contribution in [0.1, 0.15) is 85.5 Å². The summed E-state index contributed by atoms with van der Waals surface area (Å²) in [4.78, 5) is 0. The van der Waals surface area contributed by atoms with Gasteiger partial charge in [0.05, 0.1) is 0 Å². The molecular formula is C20H42OSn. The molecule has 0 aliphatic heterocycles. The van der Waals surface area contributed by atoms with Crippen molar-refractivity contribution in [2.75, 3.05) is 6.61 Å². The molecule has 2 heteroatoms. The average molecular weight is 417 g/mol. The Balaban J connectivity index is 5.08. The molecule has 0 amide bonds. The van der Waals surface area contributed by atoms with Gasteiger partial charge in [-0.2, -0.15) is 0 Å². The Morgan fingerprint density at radius 3 is 1.68 bits per heavy atom. The molecule has 0 rings (SSSR count). The van der Waals surface area contributed by atoms with Crippen molar-refractivity contribution < 1.29 is 5.11 Å². The van der Waals surface area contributed by atoms with Crippen molar-refractivity contribution in [2.24, 2.45) is 0 Å². The van der Waals surface area contributed by atoms with Crippen LogP contribution in [0.2, 0.25) is 17.2 Å². The first-order chi connectivity index (χ1) is 10.7. The van der Waals surface area contributed by atoms with Crippen molar-refractivity contribution in [1.82, 2.24) is 0 Å². The van der Waals surface area contributed by atoms with E-state index in [0.29, 0.717) is 6.61 Å². The molecule has 1 atom stereocenters. The van der Waals surface area contributed by atoms with E-state index in [9.17, 15) is 0 Å². The van der Waals surface area contributed by atoms with E-state index in [4.69, 9.17) is 5.11 Å². The molecule has 22 heavy (non-hydrogen) atoms. The van der Waals surface area contributed by atoms with Gasteiger partial charge in [-0.3, -0.25) is 0 Å². The van der Waals surface area contributed by atoms with E-state index in [-0.39, 0.29) is 0 Å². The molecule has 0 fully saturated rings. The summed E-state index contributed by atoms with van der Waals surface area (Å²) in [6, 6.07) is 0. The number of unbranched alkanes of at least 4 members (excludes halogenated alkanes) is 4. The number of allylic oxidation sites excluding steroid dienone is 2. The van der Waals surface area contributed by atoms with Gasteiger partial charge in [0.25, 0.3) is 0 Å². The Hall–Kier alpha value is 0.499. The summed E-state index contributed by atoms with van der Waals surface area (Å²) in [5, 5.41) is 8.98. The Bertz CT molecular complexity index is 241. The predicted octanol–water partition coefficient (Wildman–Crippen LogP) is 6.94. The quantitative estimate of drug-likeness (QED) is 0.174. The fraction of sp³-hybridized carbons (Fsp3) is 0.900. The number of aliphatic hydroxyl groups is 1. The molecule has 0 saturated heterocycles. The minimum atomic E-state index is -2.08. The van der Waals surface area contributed by atoms with Crippen LogP contribution in [0.25, 0.3) is 0 Å². The number of rotatable bonds is 15. The third-order valence-corrected chi connectivity index (χ3v) is 23.0.